The fourth-order valence-corrected chi connectivity index (χ4v) is 4.79. The van der Waals surface area contributed by atoms with E-state index in [2.05, 4.69) is 5.73 Å². The van der Waals surface area contributed by atoms with Crippen LogP contribution in [0, 0.1) is 0 Å². The number of hydrogen-bond donors (Lipinski definition) is 0. The maximum Gasteiger partial charge on any atom is 0.214 e. The van der Waals surface area contributed by atoms with Crippen molar-refractivity contribution in [1.29, 1.82) is 0 Å². The molecule has 0 heterocycles. The second-order valence-electron chi connectivity index (χ2n) is 6.88. The molecule has 0 atom stereocenters. The molecule has 0 saturated heterocycles. The van der Waals surface area contributed by atoms with Gasteiger partial charge in [0.1, 0.15) is 4.91 Å². The van der Waals surface area contributed by atoms with Crippen molar-refractivity contribution in [1.82, 2.24) is 0 Å². The second-order valence-corrected chi connectivity index (χ2v) is 9.21. The zero-order valence-corrected chi connectivity index (χ0v) is 18.1. The summed E-state index contributed by atoms with van der Waals surface area (Å²) < 4.78 is 27.4. The fraction of sp³-hybridized carbons (Fsp3) is 0. The third-order valence-electron chi connectivity index (χ3n) is 4.79. The lowest BCUT2D eigenvalue weighted by Gasteiger charge is -2.10. The Morgan fingerprint density at radius 3 is 1.45 bits per heavy atom. The van der Waals surface area contributed by atoms with Gasteiger partial charge in [0.15, 0.2) is 0 Å². The van der Waals surface area contributed by atoms with Gasteiger partial charge in [-0.3, -0.25) is 0 Å². The molecule has 0 aromatic heterocycles. The molecule has 0 aliphatic carbocycles. The third-order valence-corrected chi connectivity index (χ3v) is 6.81. The minimum Gasteiger partial charge on any atom is -0.218 e. The van der Waals surface area contributed by atoms with Crippen LogP contribution in [0.25, 0.3) is 10.5 Å². The molecule has 0 unspecified atom stereocenters. The molecule has 4 aromatic rings. The number of halogens is 1. The topological polar surface area (TPSA) is 34.1 Å². The molecule has 0 N–H and O–H groups in total. The molecule has 0 radical (unpaired) electrons. The molecule has 0 spiro atoms. The Kier molecular flexibility index (Phi) is 6.20. The molecule has 31 heavy (non-hydrogen) atoms. The van der Waals surface area contributed by atoms with Gasteiger partial charge in [0.25, 0.3) is 0 Å². The lowest BCUT2D eigenvalue weighted by atomic mass is 9.98. The minimum atomic E-state index is -3.86. The van der Waals surface area contributed by atoms with E-state index in [1.54, 1.807) is 24.3 Å². The van der Waals surface area contributed by atoms with Crippen LogP contribution in [-0.4, -0.2) is 8.42 Å². The van der Waals surface area contributed by atoms with Gasteiger partial charge in [0.2, 0.25) is 9.84 Å². The molecule has 0 bridgehead atoms. The first-order valence-electron chi connectivity index (χ1n) is 9.73. The molecular formula is C27H19ClO2S. The van der Waals surface area contributed by atoms with Crippen LogP contribution in [0.5, 0.6) is 0 Å². The third kappa shape index (κ3) is 4.70. The fourth-order valence-electron chi connectivity index (χ4n) is 3.25. The quantitative estimate of drug-likeness (QED) is 0.315. The summed E-state index contributed by atoms with van der Waals surface area (Å²) in [7, 11) is -3.86. The van der Waals surface area contributed by atoms with Crippen LogP contribution < -0.4 is 0 Å². The van der Waals surface area contributed by atoms with Crippen LogP contribution >= 0.6 is 11.6 Å². The molecule has 4 aromatic carbocycles. The SMILES string of the molecule is O=S(=O)(C(=C=C(c1ccccc1)c1ccccc1)c1ccccc1)c1ccc(Cl)cc1. The van der Waals surface area contributed by atoms with Crippen LogP contribution in [0.4, 0.5) is 0 Å². The van der Waals surface area contributed by atoms with Crippen molar-refractivity contribution in [2.45, 2.75) is 4.90 Å². The summed E-state index contributed by atoms with van der Waals surface area (Å²) >= 11 is 5.98. The molecule has 0 aliphatic rings. The maximum absolute atomic E-state index is 13.7. The van der Waals surface area contributed by atoms with Crippen molar-refractivity contribution in [3.05, 3.63) is 143 Å². The molecule has 4 rings (SSSR count). The zero-order chi connectivity index (χ0) is 21.7. The highest BCUT2D eigenvalue weighted by Gasteiger charge is 2.23. The normalized spacial score (nSPS) is 10.9. The Morgan fingerprint density at radius 2 is 1.00 bits per heavy atom. The Morgan fingerprint density at radius 1 is 0.581 bits per heavy atom. The average Bonchev–Trinajstić information content (AvgIpc) is 2.81. The Bertz CT molecular complexity index is 1300. The number of rotatable bonds is 5. The molecular weight excluding hydrogens is 424 g/mol. The first-order valence-corrected chi connectivity index (χ1v) is 11.6. The average molecular weight is 443 g/mol. The van der Waals surface area contributed by atoms with Gasteiger partial charge in [-0.1, -0.05) is 108 Å². The van der Waals surface area contributed by atoms with Crippen LogP contribution in [0.15, 0.2) is 126 Å². The van der Waals surface area contributed by atoms with Crippen molar-refractivity contribution in [2.75, 3.05) is 0 Å². The lowest BCUT2D eigenvalue weighted by molar-refractivity contribution is 0.606. The smallest absolute Gasteiger partial charge is 0.214 e. The lowest BCUT2D eigenvalue weighted by Crippen LogP contribution is -2.04. The summed E-state index contributed by atoms with van der Waals surface area (Å²) in [5.74, 6) is 0. The van der Waals surface area contributed by atoms with E-state index in [-0.39, 0.29) is 9.80 Å². The Balaban J connectivity index is 2.08. The molecule has 0 fully saturated rings. The predicted octanol–water partition coefficient (Wildman–Crippen LogP) is 6.89. The number of hydrogen-bond acceptors (Lipinski definition) is 2. The van der Waals surface area contributed by atoms with Gasteiger partial charge in [-0.25, -0.2) is 8.42 Å². The molecule has 2 nitrogen and oxygen atoms in total. The van der Waals surface area contributed by atoms with E-state index in [9.17, 15) is 8.42 Å². The summed E-state index contributed by atoms with van der Waals surface area (Å²) in [5.41, 5.74) is 6.31. The van der Waals surface area contributed by atoms with Crippen LogP contribution in [-0.2, 0) is 9.84 Å². The van der Waals surface area contributed by atoms with Gasteiger partial charge in [0.05, 0.1) is 4.90 Å². The summed E-state index contributed by atoms with van der Waals surface area (Å²) in [5, 5.41) is 0.481. The van der Waals surface area contributed by atoms with Crippen LogP contribution in [0.3, 0.4) is 0 Å². The van der Waals surface area contributed by atoms with Gasteiger partial charge >= 0.3 is 0 Å². The molecule has 152 valence electrons. The van der Waals surface area contributed by atoms with Crippen molar-refractivity contribution >= 4 is 31.9 Å². The maximum atomic E-state index is 13.7. The Labute approximate surface area is 187 Å². The highest BCUT2D eigenvalue weighted by atomic mass is 35.5. The highest BCUT2D eigenvalue weighted by molar-refractivity contribution is 8.00. The molecule has 0 aliphatic heterocycles. The van der Waals surface area contributed by atoms with Crippen LogP contribution in [0.1, 0.15) is 16.7 Å². The van der Waals surface area contributed by atoms with E-state index < -0.39 is 9.84 Å². The summed E-state index contributed by atoms with van der Waals surface area (Å²) in [6.45, 7) is 0. The number of sulfone groups is 1. The summed E-state index contributed by atoms with van der Waals surface area (Å²) in [6, 6.07) is 34.6. The van der Waals surface area contributed by atoms with Gasteiger partial charge < -0.3 is 0 Å². The van der Waals surface area contributed by atoms with Gasteiger partial charge in [-0.15, -0.1) is 0 Å². The van der Waals surface area contributed by atoms with E-state index in [1.807, 2.05) is 78.9 Å². The molecule has 0 saturated carbocycles. The largest absolute Gasteiger partial charge is 0.218 e. The van der Waals surface area contributed by atoms with E-state index in [0.717, 1.165) is 11.1 Å². The van der Waals surface area contributed by atoms with Crippen molar-refractivity contribution in [2.24, 2.45) is 0 Å². The van der Waals surface area contributed by atoms with E-state index in [4.69, 9.17) is 11.6 Å². The van der Waals surface area contributed by atoms with Crippen LogP contribution in [0.2, 0.25) is 5.02 Å². The first kappa shape index (κ1) is 20.9. The van der Waals surface area contributed by atoms with Crippen molar-refractivity contribution < 1.29 is 8.42 Å². The highest BCUT2D eigenvalue weighted by Crippen LogP contribution is 2.31. The second kappa shape index (κ2) is 9.20. The standard InChI is InChI=1S/C27H19ClO2S/c28-24-16-18-25(19-17-24)31(29,30)27(23-14-8-3-9-15-23)20-26(21-10-4-1-5-11-21)22-12-6-2-7-13-22/h1-19H. The first-order chi connectivity index (χ1) is 15.1. The summed E-state index contributed by atoms with van der Waals surface area (Å²) in [6.07, 6.45) is 0. The van der Waals surface area contributed by atoms with Crippen molar-refractivity contribution in [3.63, 3.8) is 0 Å². The van der Waals surface area contributed by atoms with Gasteiger partial charge in [-0.05, 0) is 35.4 Å². The van der Waals surface area contributed by atoms with E-state index >= 15 is 0 Å². The van der Waals surface area contributed by atoms with Crippen molar-refractivity contribution in [3.8, 4) is 0 Å². The van der Waals surface area contributed by atoms with Gasteiger partial charge in [0, 0.05) is 16.2 Å². The summed E-state index contributed by atoms with van der Waals surface area (Å²) in [4.78, 5) is 0.279. The van der Waals surface area contributed by atoms with E-state index in [0.29, 0.717) is 16.2 Å². The monoisotopic (exact) mass is 442 g/mol. The zero-order valence-electron chi connectivity index (χ0n) is 16.6. The van der Waals surface area contributed by atoms with E-state index in [1.165, 1.54) is 12.1 Å². The predicted molar refractivity (Wildman–Crippen MR) is 127 cm³/mol. The molecule has 0 amide bonds. The molecule has 4 heteroatoms. The van der Waals surface area contributed by atoms with Gasteiger partial charge in [-0.2, -0.15) is 0 Å². The Hall–Kier alpha value is -3.36. The minimum absolute atomic E-state index is 0.109. The number of benzene rings is 4.